The minimum Gasteiger partial charge on any atom is -0.465 e. The van der Waals surface area contributed by atoms with Gasteiger partial charge in [0.2, 0.25) is 0 Å². The Bertz CT molecular complexity index is 824. The smallest absolute Gasteiger partial charge is 0.337 e. The molecule has 2 aromatic carbocycles. The molecule has 0 bridgehead atoms. The predicted octanol–water partition coefficient (Wildman–Crippen LogP) is 5.03. The van der Waals surface area contributed by atoms with Crippen LogP contribution in [-0.4, -0.2) is 13.1 Å². The first-order chi connectivity index (χ1) is 11.0. The zero-order valence-corrected chi connectivity index (χ0v) is 13.7. The van der Waals surface area contributed by atoms with Crippen molar-refractivity contribution in [2.24, 2.45) is 0 Å². The first-order valence-electron chi connectivity index (χ1n) is 7.38. The molecule has 2 nitrogen and oxygen atoms in total. The van der Waals surface area contributed by atoms with Gasteiger partial charge < -0.3 is 4.74 Å². The highest BCUT2D eigenvalue weighted by atomic mass is 35.5. The molecular formula is C19H16ClFO2. The SMILES string of the molecule is COC(=O)c1ccc2c(c1)C(c1ccc(Cl)cc1F)=C(C)CC2. The second-order valence-electron chi connectivity index (χ2n) is 5.64. The number of carbonyl (C=O) groups is 1. The third kappa shape index (κ3) is 2.89. The molecule has 0 aliphatic heterocycles. The van der Waals surface area contributed by atoms with Crippen LogP contribution < -0.4 is 0 Å². The molecule has 0 saturated carbocycles. The van der Waals surface area contributed by atoms with Crippen molar-refractivity contribution in [1.29, 1.82) is 0 Å². The number of benzene rings is 2. The van der Waals surface area contributed by atoms with Crippen LogP contribution in [0.2, 0.25) is 5.02 Å². The van der Waals surface area contributed by atoms with Gasteiger partial charge >= 0.3 is 5.97 Å². The van der Waals surface area contributed by atoms with Crippen molar-refractivity contribution in [3.8, 4) is 0 Å². The summed E-state index contributed by atoms with van der Waals surface area (Å²) in [5, 5.41) is 0.365. The number of ether oxygens (including phenoxy) is 1. The number of rotatable bonds is 2. The Morgan fingerprint density at radius 3 is 2.61 bits per heavy atom. The van der Waals surface area contributed by atoms with E-state index in [4.69, 9.17) is 16.3 Å². The van der Waals surface area contributed by atoms with Crippen LogP contribution in [0, 0.1) is 5.82 Å². The molecule has 4 heteroatoms. The number of allylic oxidation sites excluding steroid dienone is 1. The van der Waals surface area contributed by atoms with E-state index in [0.717, 1.165) is 35.1 Å². The largest absolute Gasteiger partial charge is 0.465 e. The van der Waals surface area contributed by atoms with Gasteiger partial charge in [-0.15, -0.1) is 0 Å². The van der Waals surface area contributed by atoms with Crippen LogP contribution >= 0.6 is 11.6 Å². The Balaban J connectivity index is 2.20. The van der Waals surface area contributed by atoms with Crippen LogP contribution in [0.1, 0.15) is 40.4 Å². The van der Waals surface area contributed by atoms with Crippen molar-refractivity contribution in [2.75, 3.05) is 7.11 Å². The molecule has 0 N–H and O–H groups in total. The van der Waals surface area contributed by atoms with Crippen molar-refractivity contribution in [3.63, 3.8) is 0 Å². The van der Waals surface area contributed by atoms with E-state index in [9.17, 15) is 9.18 Å². The van der Waals surface area contributed by atoms with Gasteiger partial charge in [0.15, 0.2) is 0 Å². The Morgan fingerprint density at radius 1 is 1.13 bits per heavy atom. The molecule has 23 heavy (non-hydrogen) atoms. The van der Waals surface area contributed by atoms with Crippen LogP contribution in [-0.2, 0) is 11.2 Å². The van der Waals surface area contributed by atoms with E-state index in [2.05, 4.69) is 0 Å². The van der Waals surface area contributed by atoms with E-state index in [1.165, 1.54) is 13.2 Å². The van der Waals surface area contributed by atoms with Crippen molar-refractivity contribution in [2.45, 2.75) is 19.8 Å². The summed E-state index contributed by atoms with van der Waals surface area (Å²) in [7, 11) is 1.35. The second kappa shape index (κ2) is 6.17. The zero-order valence-electron chi connectivity index (χ0n) is 13.0. The summed E-state index contributed by atoms with van der Waals surface area (Å²) < 4.78 is 19.2. The summed E-state index contributed by atoms with van der Waals surface area (Å²) in [4.78, 5) is 11.8. The molecule has 118 valence electrons. The van der Waals surface area contributed by atoms with Gasteiger partial charge in [-0.3, -0.25) is 0 Å². The molecular weight excluding hydrogens is 315 g/mol. The first-order valence-corrected chi connectivity index (χ1v) is 7.76. The third-order valence-electron chi connectivity index (χ3n) is 4.20. The summed E-state index contributed by atoms with van der Waals surface area (Å²) in [6, 6.07) is 10.1. The lowest BCUT2D eigenvalue weighted by molar-refractivity contribution is 0.0600. The van der Waals surface area contributed by atoms with Crippen LogP contribution in [0.4, 0.5) is 4.39 Å². The van der Waals surface area contributed by atoms with Gasteiger partial charge in [-0.25, -0.2) is 9.18 Å². The Hall–Kier alpha value is -2.13. The Labute approximate surface area is 139 Å². The standard InChI is InChI=1S/C19H16ClFO2/c1-11-3-4-12-5-6-13(19(22)23-2)9-16(12)18(11)15-8-7-14(20)10-17(15)21/h5-10H,3-4H2,1-2H3. The topological polar surface area (TPSA) is 26.3 Å². The highest BCUT2D eigenvalue weighted by Crippen LogP contribution is 2.38. The van der Waals surface area contributed by atoms with E-state index < -0.39 is 5.97 Å². The quantitative estimate of drug-likeness (QED) is 0.721. The van der Waals surface area contributed by atoms with Gasteiger partial charge in [0.05, 0.1) is 12.7 Å². The van der Waals surface area contributed by atoms with E-state index in [-0.39, 0.29) is 5.82 Å². The minimum atomic E-state index is -0.396. The maximum atomic E-state index is 14.4. The minimum absolute atomic E-state index is 0.358. The van der Waals surface area contributed by atoms with E-state index in [0.29, 0.717) is 16.1 Å². The third-order valence-corrected chi connectivity index (χ3v) is 4.43. The maximum absolute atomic E-state index is 14.4. The fourth-order valence-corrected chi connectivity index (χ4v) is 3.18. The van der Waals surface area contributed by atoms with Crippen molar-refractivity contribution >= 4 is 23.1 Å². The molecule has 2 aromatic rings. The predicted molar refractivity (Wildman–Crippen MR) is 89.2 cm³/mol. The molecule has 0 aromatic heterocycles. The van der Waals surface area contributed by atoms with Gasteiger partial charge in [-0.05, 0) is 66.8 Å². The molecule has 0 radical (unpaired) electrons. The van der Waals surface area contributed by atoms with Gasteiger partial charge in [0.25, 0.3) is 0 Å². The first kappa shape index (κ1) is 15.8. The number of methoxy groups -OCH3 is 1. The summed E-state index contributed by atoms with van der Waals surface area (Å²) in [6.07, 6.45) is 1.74. The molecule has 1 aliphatic rings. The highest BCUT2D eigenvalue weighted by Gasteiger charge is 2.22. The van der Waals surface area contributed by atoms with Crippen molar-refractivity contribution < 1.29 is 13.9 Å². The summed E-state index contributed by atoms with van der Waals surface area (Å²) >= 11 is 5.86. The molecule has 0 saturated heterocycles. The Kier molecular flexibility index (Phi) is 4.22. The van der Waals surface area contributed by atoms with Gasteiger partial charge in [0.1, 0.15) is 5.82 Å². The van der Waals surface area contributed by atoms with E-state index in [1.54, 1.807) is 24.3 Å². The number of hydrogen-bond acceptors (Lipinski definition) is 2. The normalized spacial score (nSPS) is 13.7. The lowest BCUT2D eigenvalue weighted by Gasteiger charge is -2.23. The monoisotopic (exact) mass is 330 g/mol. The van der Waals surface area contributed by atoms with Crippen LogP contribution in [0.25, 0.3) is 5.57 Å². The lowest BCUT2D eigenvalue weighted by Crippen LogP contribution is -2.09. The molecule has 0 unspecified atom stereocenters. The highest BCUT2D eigenvalue weighted by molar-refractivity contribution is 6.30. The number of aryl methyl sites for hydroxylation is 1. The molecule has 0 spiro atoms. The molecule has 0 amide bonds. The number of carbonyl (C=O) groups excluding carboxylic acids is 1. The average Bonchev–Trinajstić information content (AvgIpc) is 2.54. The van der Waals surface area contributed by atoms with Crippen molar-refractivity contribution in [3.05, 3.63) is 75.1 Å². The van der Waals surface area contributed by atoms with Crippen molar-refractivity contribution in [1.82, 2.24) is 0 Å². The van der Waals surface area contributed by atoms with Crippen LogP contribution in [0.15, 0.2) is 42.0 Å². The molecule has 3 rings (SSSR count). The second-order valence-corrected chi connectivity index (χ2v) is 6.08. The summed E-state index contributed by atoms with van der Waals surface area (Å²) in [5.41, 5.74) is 4.90. The van der Waals surface area contributed by atoms with E-state index >= 15 is 0 Å². The number of esters is 1. The van der Waals surface area contributed by atoms with Gasteiger partial charge in [0, 0.05) is 10.6 Å². The summed E-state index contributed by atoms with van der Waals surface area (Å²) in [5.74, 6) is -0.755. The maximum Gasteiger partial charge on any atom is 0.337 e. The molecule has 0 fully saturated rings. The van der Waals surface area contributed by atoms with Gasteiger partial charge in [-0.2, -0.15) is 0 Å². The Morgan fingerprint density at radius 2 is 1.91 bits per heavy atom. The molecule has 1 aliphatic carbocycles. The molecule has 0 atom stereocenters. The average molecular weight is 331 g/mol. The van der Waals surface area contributed by atoms with Gasteiger partial charge in [-0.1, -0.05) is 23.2 Å². The van der Waals surface area contributed by atoms with Crippen LogP contribution in [0.5, 0.6) is 0 Å². The lowest BCUT2D eigenvalue weighted by atomic mass is 9.82. The fraction of sp³-hybridized carbons (Fsp3) is 0.211. The van der Waals surface area contributed by atoms with Crippen LogP contribution in [0.3, 0.4) is 0 Å². The molecule has 0 heterocycles. The number of halogens is 2. The summed E-state index contributed by atoms with van der Waals surface area (Å²) in [6.45, 7) is 2.00. The number of hydrogen-bond donors (Lipinski definition) is 0. The van der Waals surface area contributed by atoms with E-state index in [1.807, 2.05) is 13.0 Å². The number of fused-ring (bicyclic) bond motifs is 1. The zero-order chi connectivity index (χ0) is 16.6. The fourth-order valence-electron chi connectivity index (χ4n) is 3.02.